The van der Waals surface area contributed by atoms with E-state index < -0.39 is 23.6 Å². The maximum atomic E-state index is 5.79. The van der Waals surface area contributed by atoms with E-state index in [1.807, 2.05) is 14.1 Å². The molecule has 0 aromatic carbocycles. The fourth-order valence-electron chi connectivity index (χ4n) is 0.800. The second kappa shape index (κ2) is 4.91. The van der Waals surface area contributed by atoms with Crippen LogP contribution in [0.25, 0.3) is 0 Å². The van der Waals surface area contributed by atoms with Crippen LogP contribution in [0, 0.1) is 0 Å². The second-order valence-corrected chi connectivity index (χ2v) is 15.8. The average molecular weight is 309 g/mol. The number of halogens is 3. The summed E-state index contributed by atoms with van der Waals surface area (Å²) in [6, 6.07) is 0. The molecular weight excluding hydrogens is 293 g/mol. The Hall–Kier alpha value is 1.33. The van der Waals surface area contributed by atoms with Crippen LogP contribution in [0.15, 0.2) is 0 Å². The molecule has 0 aliphatic carbocycles. The molecule has 0 spiro atoms. The molecule has 0 heterocycles. The van der Waals surface area contributed by atoms with Crippen molar-refractivity contribution in [2.75, 3.05) is 14.1 Å². The van der Waals surface area contributed by atoms with E-state index in [0.717, 1.165) is 0 Å². The molecule has 13 heavy (non-hydrogen) atoms. The molecule has 0 aromatic heterocycles. The van der Waals surface area contributed by atoms with E-state index in [0.29, 0.717) is 0 Å². The minimum absolute atomic E-state index is 0.461. The van der Waals surface area contributed by atoms with E-state index in [-0.39, 0.29) is 0 Å². The van der Waals surface area contributed by atoms with Gasteiger partial charge in [0.2, 0.25) is 0 Å². The van der Waals surface area contributed by atoms with Crippen LogP contribution in [0.1, 0.15) is 0 Å². The Balaban J connectivity index is 4.47. The summed E-state index contributed by atoms with van der Waals surface area (Å²) in [4.78, 5) is 1.78. The first kappa shape index (κ1) is 14.3. The zero-order valence-corrected chi connectivity index (χ0v) is 12.9. The molecule has 0 aliphatic rings. The summed E-state index contributed by atoms with van der Waals surface area (Å²) in [6.45, 7) is 0. The van der Waals surface area contributed by atoms with Gasteiger partial charge in [0, 0.05) is 0 Å². The van der Waals surface area contributed by atoms with E-state index in [2.05, 4.69) is 17.3 Å². The van der Waals surface area contributed by atoms with Gasteiger partial charge in [-0.15, -0.1) is 0 Å². The van der Waals surface area contributed by atoms with E-state index in [9.17, 15) is 0 Å². The second-order valence-electron chi connectivity index (χ2n) is 4.09. The predicted molar refractivity (Wildman–Crippen MR) is 62.2 cm³/mol. The van der Waals surface area contributed by atoms with Gasteiger partial charge in [0.1, 0.15) is 0 Å². The van der Waals surface area contributed by atoms with Crippen LogP contribution in [0.4, 0.5) is 0 Å². The Bertz CT molecular complexity index is 164. The summed E-state index contributed by atoms with van der Waals surface area (Å²) in [5.41, 5.74) is 0. The first-order chi connectivity index (χ1) is 5.54. The molecule has 1 atom stereocenters. The van der Waals surface area contributed by atoms with Gasteiger partial charge in [0.05, 0.1) is 0 Å². The fraction of sp³-hybridized carbons (Fsp3) is 1.00. The molecule has 0 rings (SSSR count). The van der Waals surface area contributed by atoms with Gasteiger partial charge in [-0.25, -0.2) is 0 Å². The third-order valence-electron chi connectivity index (χ3n) is 1.21. The van der Waals surface area contributed by atoms with E-state index in [1.54, 1.807) is 4.90 Å². The van der Waals surface area contributed by atoms with Crippen molar-refractivity contribution in [1.29, 1.82) is 0 Å². The van der Waals surface area contributed by atoms with Crippen molar-refractivity contribution < 1.29 is 3.76 Å². The topological polar surface area (TPSA) is 12.5 Å². The van der Waals surface area contributed by atoms with Gasteiger partial charge in [0.25, 0.3) is 0 Å². The van der Waals surface area contributed by atoms with Crippen LogP contribution >= 0.6 is 34.8 Å². The Labute approximate surface area is 98.2 Å². The Morgan fingerprint density at radius 1 is 1.15 bits per heavy atom. The summed E-state index contributed by atoms with van der Waals surface area (Å²) < 4.78 is 4.39. The number of rotatable bonds is 3. The molecule has 0 saturated heterocycles. The van der Waals surface area contributed by atoms with Crippen LogP contribution in [0.2, 0.25) is 17.3 Å². The van der Waals surface area contributed by atoms with Crippen molar-refractivity contribution in [1.82, 2.24) is 4.90 Å². The summed E-state index contributed by atoms with van der Waals surface area (Å²) in [5.74, 6) is 6.31. The Morgan fingerprint density at radius 3 is 1.62 bits per heavy atom. The van der Waals surface area contributed by atoms with E-state index in [4.69, 9.17) is 38.6 Å². The van der Waals surface area contributed by atoms with Gasteiger partial charge in [-0.3, -0.25) is 0 Å². The molecule has 1 unspecified atom stereocenters. The molecular formula is C7H16Cl3GeNO. The number of alkyl halides is 3. The standard InChI is InChI=1S/C7H16Cl3GeNO/c1-11(2,3)13-6(12(4)5)7(8,9)10/h6H,1-5H3. The SMILES string of the molecule is CN(C)C([O][Ge]([CH3])([CH3])[CH3])C(Cl)(Cl)Cl. The molecule has 0 saturated carbocycles. The van der Waals surface area contributed by atoms with Crippen LogP contribution < -0.4 is 0 Å². The van der Waals surface area contributed by atoms with E-state index in [1.165, 1.54) is 0 Å². The van der Waals surface area contributed by atoms with Crippen molar-refractivity contribution in [3.63, 3.8) is 0 Å². The maximum absolute atomic E-state index is 5.79. The molecule has 0 amide bonds. The number of hydrogen-bond acceptors (Lipinski definition) is 2. The summed E-state index contributed by atoms with van der Waals surface area (Å²) in [5, 5.41) is 0. The molecule has 0 bridgehead atoms. The van der Waals surface area contributed by atoms with Crippen molar-refractivity contribution >= 4 is 48.4 Å². The summed E-state index contributed by atoms with van der Waals surface area (Å²) in [7, 11) is 3.67. The van der Waals surface area contributed by atoms with Crippen LogP contribution in [-0.4, -0.2) is 42.6 Å². The molecule has 6 heteroatoms. The molecule has 0 aromatic rings. The molecule has 80 valence electrons. The summed E-state index contributed by atoms with van der Waals surface area (Å²) in [6.07, 6.45) is -0.461. The zero-order chi connectivity index (χ0) is 10.9. The monoisotopic (exact) mass is 309 g/mol. The molecule has 2 nitrogen and oxygen atoms in total. The van der Waals surface area contributed by atoms with Crippen LogP contribution in [0.5, 0.6) is 0 Å². The third-order valence-corrected chi connectivity index (χ3v) is 3.73. The van der Waals surface area contributed by atoms with Crippen LogP contribution in [0.3, 0.4) is 0 Å². The van der Waals surface area contributed by atoms with Gasteiger partial charge in [-0.1, -0.05) is 0 Å². The first-order valence-electron chi connectivity index (χ1n) is 3.95. The molecule has 0 N–H and O–H groups in total. The van der Waals surface area contributed by atoms with E-state index >= 15 is 0 Å². The summed E-state index contributed by atoms with van der Waals surface area (Å²) >= 11 is 15.2. The Kier molecular flexibility index (Phi) is 5.41. The quantitative estimate of drug-likeness (QED) is 0.451. The Morgan fingerprint density at radius 2 is 1.54 bits per heavy atom. The van der Waals surface area contributed by atoms with Gasteiger partial charge < -0.3 is 0 Å². The van der Waals surface area contributed by atoms with Gasteiger partial charge in [-0.05, 0) is 0 Å². The van der Waals surface area contributed by atoms with Gasteiger partial charge in [-0.2, -0.15) is 0 Å². The molecule has 0 aliphatic heterocycles. The van der Waals surface area contributed by atoms with Crippen molar-refractivity contribution in [3.05, 3.63) is 0 Å². The predicted octanol–water partition coefficient (Wildman–Crippen LogP) is 3.10. The van der Waals surface area contributed by atoms with Crippen molar-refractivity contribution in [3.8, 4) is 0 Å². The minimum atomic E-state index is -2.16. The van der Waals surface area contributed by atoms with Crippen LogP contribution in [-0.2, 0) is 3.76 Å². The number of nitrogens with zero attached hydrogens (tertiary/aromatic N) is 1. The third kappa shape index (κ3) is 6.42. The van der Waals surface area contributed by atoms with Gasteiger partial charge in [0.15, 0.2) is 0 Å². The number of hydrogen-bond donors (Lipinski definition) is 0. The first-order valence-corrected chi connectivity index (χ1v) is 12.2. The zero-order valence-electron chi connectivity index (χ0n) is 8.57. The molecule has 0 radical (unpaired) electrons. The van der Waals surface area contributed by atoms with Crippen molar-refractivity contribution in [2.45, 2.75) is 27.3 Å². The molecule has 0 fully saturated rings. The van der Waals surface area contributed by atoms with Crippen molar-refractivity contribution in [2.24, 2.45) is 0 Å². The van der Waals surface area contributed by atoms with Gasteiger partial charge >= 0.3 is 98.5 Å². The average Bonchev–Trinajstić information content (AvgIpc) is 1.77. The normalized spacial score (nSPS) is 16.4. The fourth-order valence-corrected chi connectivity index (χ4v) is 4.21.